The van der Waals surface area contributed by atoms with E-state index in [0.717, 1.165) is 12.7 Å². The van der Waals surface area contributed by atoms with Crippen molar-refractivity contribution in [2.75, 3.05) is 0 Å². The van der Waals surface area contributed by atoms with E-state index in [0.29, 0.717) is 12.7 Å². The highest BCUT2D eigenvalue weighted by Crippen LogP contribution is 1.85. The largest absolute Gasteiger partial charge is 0.303 e. The van der Waals surface area contributed by atoms with Crippen molar-refractivity contribution in [1.82, 2.24) is 0 Å². The normalized spacial score (nSPS) is 8.00. The molecule has 0 heterocycles. The van der Waals surface area contributed by atoms with E-state index in [2.05, 4.69) is 0 Å². The summed E-state index contributed by atoms with van der Waals surface area (Å²) in [6, 6.07) is 0. The van der Waals surface area contributed by atoms with Crippen LogP contribution in [0.15, 0.2) is 0 Å². The minimum absolute atomic E-state index is 0.608. The van der Waals surface area contributed by atoms with Gasteiger partial charge < -0.3 is 4.79 Å². The zero-order chi connectivity index (χ0) is 4.83. The molecule has 32 valence electrons. The van der Waals surface area contributed by atoms with Crippen molar-refractivity contribution in [3.63, 3.8) is 0 Å². The molecule has 0 saturated heterocycles. The van der Waals surface area contributed by atoms with E-state index in [4.69, 9.17) is 7.85 Å². The van der Waals surface area contributed by atoms with Crippen molar-refractivity contribution in [2.24, 2.45) is 0 Å². The Labute approximate surface area is 39.1 Å². The van der Waals surface area contributed by atoms with Crippen LogP contribution in [0, 0.1) is 0 Å². The minimum atomic E-state index is 0.608. The second-order valence-electron chi connectivity index (χ2n) is 1.10. The first kappa shape index (κ1) is 5.73. The molecule has 0 aromatic heterocycles. The third-order valence-electron chi connectivity index (χ3n) is 0.526. The second-order valence-corrected chi connectivity index (χ2v) is 1.10. The highest BCUT2D eigenvalue weighted by atomic mass is 16.1. The van der Waals surface area contributed by atoms with Gasteiger partial charge in [-0.2, -0.15) is 0 Å². The zero-order valence-corrected chi connectivity index (χ0v) is 3.68. The van der Waals surface area contributed by atoms with Crippen LogP contribution in [0.1, 0.15) is 12.8 Å². The number of carbonyl (C=O) groups excluding carboxylic acids is 1. The van der Waals surface area contributed by atoms with Crippen molar-refractivity contribution in [1.29, 1.82) is 0 Å². The smallest absolute Gasteiger partial charge is 0.119 e. The average molecular weight is 81.9 g/mol. The number of unbranched alkanes of at least 4 members (excludes halogenated alkanes) is 1. The van der Waals surface area contributed by atoms with Gasteiger partial charge in [-0.25, -0.2) is 0 Å². The summed E-state index contributed by atoms with van der Waals surface area (Å²) in [6.07, 6.45) is 2.94. The molecule has 0 N–H and O–H groups in total. The Bertz CT molecular complexity index is 36.5. The van der Waals surface area contributed by atoms with Crippen LogP contribution in [0.4, 0.5) is 0 Å². The highest BCUT2D eigenvalue weighted by molar-refractivity contribution is 6.08. The second kappa shape index (κ2) is 4.73. The van der Waals surface area contributed by atoms with Crippen molar-refractivity contribution >= 4 is 14.1 Å². The lowest BCUT2D eigenvalue weighted by atomic mass is 10.0. The molecule has 0 saturated carbocycles. The maximum atomic E-state index is 9.51. The molecule has 0 fully saturated rings. The average Bonchev–Trinajstić information content (AvgIpc) is 1.61. The van der Waals surface area contributed by atoms with Crippen LogP contribution < -0.4 is 0 Å². The summed E-state index contributed by atoms with van der Waals surface area (Å²) in [5, 5.41) is 0. The molecule has 0 atom stereocenters. The molecule has 0 aromatic carbocycles. The third kappa shape index (κ3) is 3.73. The van der Waals surface area contributed by atoms with Crippen LogP contribution in [0.3, 0.4) is 0 Å². The topological polar surface area (TPSA) is 17.1 Å². The predicted molar refractivity (Wildman–Crippen MR) is 25.9 cm³/mol. The van der Waals surface area contributed by atoms with E-state index in [1.54, 1.807) is 0 Å². The molecule has 0 spiro atoms. The van der Waals surface area contributed by atoms with Gasteiger partial charge in [-0.1, -0.05) is 12.7 Å². The van der Waals surface area contributed by atoms with Gasteiger partial charge in [0.05, 0.1) is 7.85 Å². The van der Waals surface area contributed by atoms with Crippen LogP contribution in [0.2, 0.25) is 6.32 Å². The van der Waals surface area contributed by atoms with Gasteiger partial charge in [0.15, 0.2) is 0 Å². The molecule has 0 rings (SSSR count). The van der Waals surface area contributed by atoms with Crippen LogP contribution in [0.25, 0.3) is 0 Å². The quantitative estimate of drug-likeness (QED) is 0.276. The Morgan fingerprint density at radius 2 is 2.33 bits per heavy atom. The monoisotopic (exact) mass is 82.1 g/mol. The molecule has 6 heavy (non-hydrogen) atoms. The van der Waals surface area contributed by atoms with Gasteiger partial charge in [0, 0.05) is 6.42 Å². The molecule has 0 aliphatic rings. The number of carbonyl (C=O) groups is 1. The Morgan fingerprint density at radius 1 is 1.67 bits per heavy atom. The van der Waals surface area contributed by atoms with Gasteiger partial charge in [0.1, 0.15) is 6.29 Å². The maximum absolute atomic E-state index is 9.51. The van der Waals surface area contributed by atoms with E-state index >= 15 is 0 Å². The summed E-state index contributed by atoms with van der Waals surface area (Å²) in [7, 11) is 5.06. The van der Waals surface area contributed by atoms with Gasteiger partial charge in [-0.3, -0.25) is 0 Å². The van der Waals surface area contributed by atoms with E-state index in [-0.39, 0.29) is 0 Å². The zero-order valence-electron chi connectivity index (χ0n) is 3.68. The Morgan fingerprint density at radius 3 is 2.50 bits per heavy atom. The van der Waals surface area contributed by atoms with E-state index in [1.165, 1.54) is 0 Å². The Kier molecular flexibility index (Phi) is 4.53. The molecule has 2 heteroatoms. The molecule has 0 bridgehead atoms. The highest BCUT2D eigenvalue weighted by Gasteiger charge is 1.74. The Balaban J connectivity index is 2.49. The number of hydrogen-bond acceptors (Lipinski definition) is 1. The lowest BCUT2D eigenvalue weighted by Crippen LogP contribution is -1.72. The third-order valence-corrected chi connectivity index (χ3v) is 0.526. The maximum Gasteiger partial charge on any atom is 0.119 e. The summed E-state index contributed by atoms with van der Waals surface area (Å²) in [5.41, 5.74) is 0. The van der Waals surface area contributed by atoms with Gasteiger partial charge in [0.25, 0.3) is 0 Å². The summed E-state index contributed by atoms with van der Waals surface area (Å²) in [5.74, 6) is 0. The molecule has 0 aromatic rings. The fourth-order valence-corrected chi connectivity index (χ4v) is 0.201. The first-order valence-electron chi connectivity index (χ1n) is 2.05. The summed E-state index contributed by atoms with van der Waals surface area (Å²) >= 11 is 0. The number of aldehydes is 1. The molecule has 0 aliphatic heterocycles. The summed E-state index contributed by atoms with van der Waals surface area (Å²) in [6.45, 7) is 0. The lowest BCUT2D eigenvalue weighted by Gasteiger charge is -1.79. The van der Waals surface area contributed by atoms with Crippen LogP contribution >= 0.6 is 0 Å². The first-order chi connectivity index (χ1) is 2.91. The SMILES string of the molecule is [B]CCCC=O. The van der Waals surface area contributed by atoms with Crippen molar-refractivity contribution in [3.8, 4) is 0 Å². The van der Waals surface area contributed by atoms with Crippen LogP contribution in [0.5, 0.6) is 0 Å². The molecule has 0 unspecified atom stereocenters. The van der Waals surface area contributed by atoms with Crippen LogP contribution in [-0.2, 0) is 4.79 Å². The van der Waals surface area contributed by atoms with E-state index < -0.39 is 0 Å². The Hall–Kier alpha value is -0.265. The van der Waals surface area contributed by atoms with Crippen molar-refractivity contribution < 1.29 is 4.79 Å². The van der Waals surface area contributed by atoms with Gasteiger partial charge in [-0.05, 0) is 0 Å². The molecule has 0 amide bonds. The van der Waals surface area contributed by atoms with Crippen LogP contribution in [-0.4, -0.2) is 14.1 Å². The fourth-order valence-electron chi connectivity index (χ4n) is 0.201. The molecular formula is C4H7BO. The van der Waals surface area contributed by atoms with Gasteiger partial charge in [0.2, 0.25) is 0 Å². The predicted octanol–water partition coefficient (Wildman–Crippen LogP) is 0.552. The number of rotatable bonds is 3. The lowest BCUT2D eigenvalue weighted by molar-refractivity contribution is -0.107. The fraction of sp³-hybridized carbons (Fsp3) is 0.750. The molecule has 0 aliphatic carbocycles. The molecule has 1 nitrogen and oxygen atoms in total. The number of hydrogen-bond donors (Lipinski definition) is 0. The first-order valence-corrected chi connectivity index (χ1v) is 2.05. The summed E-state index contributed by atoms with van der Waals surface area (Å²) < 4.78 is 0. The molecular weight excluding hydrogens is 74.9 g/mol. The summed E-state index contributed by atoms with van der Waals surface area (Å²) in [4.78, 5) is 9.51. The van der Waals surface area contributed by atoms with Crippen molar-refractivity contribution in [2.45, 2.75) is 19.2 Å². The minimum Gasteiger partial charge on any atom is -0.303 e. The van der Waals surface area contributed by atoms with Gasteiger partial charge in [-0.15, -0.1) is 0 Å². The van der Waals surface area contributed by atoms with E-state index in [9.17, 15) is 4.79 Å². The van der Waals surface area contributed by atoms with E-state index in [1.807, 2.05) is 0 Å². The van der Waals surface area contributed by atoms with Gasteiger partial charge >= 0.3 is 0 Å². The molecule has 2 radical (unpaired) electrons. The van der Waals surface area contributed by atoms with Crippen molar-refractivity contribution in [3.05, 3.63) is 0 Å². The standard InChI is InChI=1S/C4H7BO/c5-3-1-2-4-6/h4H,1-3H2.